The normalized spacial score (nSPS) is 10.9. The number of anilines is 1. The second-order valence-corrected chi connectivity index (χ2v) is 4.19. The van der Waals surface area contributed by atoms with Crippen LogP contribution in [0.4, 0.5) is 5.88 Å². The van der Waals surface area contributed by atoms with Crippen LogP contribution in [0.25, 0.3) is 11.0 Å². The molecule has 0 bridgehead atoms. The van der Waals surface area contributed by atoms with Crippen LogP contribution in [0, 0.1) is 0 Å². The van der Waals surface area contributed by atoms with Gasteiger partial charge in [0.15, 0.2) is 5.65 Å². The van der Waals surface area contributed by atoms with Gasteiger partial charge in [-0.15, -0.1) is 0 Å². The minimum atomic E-state index is -0.509. The lowest BCUT2D eigenvalue weighted by Gasteiger charge is -2.07. The second-order valence-electron chi connectivity index (χ2n) is 4.19. The Kier molecular flexibility index (Phi) is 3.73. The first-order valence-electron chi connectivity index (χ1n) is 6.47. The van der Waals surface area contributed by atoms with Crippen molar-refractivity contribution in [1.82, 2.24) is 14.3 Å². The van der Waals surface area contributed by atoms with Crippen molar-refractivity contribution in [2.24, 2.45) is 0 Å². The summed E-state index contributed by atoms with van der Waals surface area (Å²) >= 11 is 0. The van der Waals surface area contributed by atoms with Crippen LogP contribution in [-0.2, 0) is 17.9 Å². The third-order valence-corrected chi connectivity index (χ3v) is 3.06. The van der Waals surface area contributed by atoms with Crippen molar-refractivity contribution in [3.63, 3.8) is 0 Å². The molecule has 0 atom stereocenters. The summed E-state index contributed by atoms with van der Waals surface area (Å²) in [5, 5.41) is 6.33. The quantitative estimate of drug-likeness (QED) is 0.881. The predicted octanol–water partition coefficient (Wildman–Crippen LogP) is 0.539. The second kappa shape index (κ2) is 5.32. The summed E-state index contributed by atoms with van der Waals surface area (Å²) in [4.78, 5) is 35.8. The number of carbonyl (C=O) groups is 1. The molecule has 0 saturated carbocycles. The highest BCUT2D eigenvalue weighted by Crippen LogP contribution is 2.18. The summed E-state index contributed by atoms with van der Waals surface area (Å²) in [7, 11) is 0. The van der Waals surface area contributed by atoms with E-state index in [-0.39, 0.29) is 35.8 Å². The van der Waals surface area contributed by atoms with Gasteiger partial charge in [0.05, 0.1) is 0 Å². The van der Waals surface area contributed by atoms with Crippen LogP contribution in [-0.4, -0.2) is 20.2 Å². The Hall–Kier alpha value is -2.38. The highest BCUT2D eigenvalue weighted by atomic mass is 16.5. The molecule has 1 N–H and O–H groups in total. The molecule has 0 unspecified atom stereocenters. The third-order valence-electron chi connectivity index (χ3n) is 3.06. The van der Waals surface area contributed by atoms with Crippen molar-refractivity contribution in [2.75, 3.05) is 5.32 Å². The van der Waals surface area contributed by atoms with Gasteiger partial charge in [-0.25, -0.2) is 4.79 Å². The maximum atomic E-state index is 12.3. The van der Waals surface area contributed by atoms with Gasteiger partial charge in [-0.3, -0.25) is 24.0 Å². The SMILES string of the molecule is CCC(=O)Nc1onc2c1c(=O)n(CC)c(=O)n2CC. The Morgan fingerprint density at radius 1 is 1.20 bits per heavy atom. The minimum absolute atomic E-state index is 0.0127. The fourth-order valence-corrected chi connectivity index (χ4v) is 1.98. The zero-order valence-corrected chi connectivity index (χ0v) is 11.6. The van der Waals surface area contributed by atoms with Crippen molar-refractivity contribution in [3.05, 3.63) is 20.8 Å². The molecule has 2 rings (SSSR count). The lowest BCUT2D eigenvalue weighted by molar-refractivity contribution is -0.116. The number of aromatic nitrogens is 3. The number of rotatable bonds is 4. The fraction of sp³-hybridized carbons (Fsp3) is 0.500. The predicted molar refractivity (Wildman–Crippen MR) is 72.8 cm³/mol. The Bertz CT molecular complexity index is 768. The number of fused-ring (bicyclic) bond motifs is 1. The average molecular weight is 280 g/mol. The number of amides is 1. The molecule has 20 heavy (non-hydrogen) atoms. The van der Waals surface area contributed by atoms with Crippen molar-refractivity contribution < 1.29 is 9.32 Å². The van der Waals surface area contributed by atoms with E-state index in [4.69, 9.17) is 4.52 Å². The van der Waals surface area contributed by atoms with E-state index in [0.717, 1.165) is 4.57 Å². The van der Waals surface area contributed by atoms with Gasteiger partial charge in [0.1, 0.15) is 5.39 Å². The molecule has 0 spiro atoms. The molecule has 2 aromatic rings. The summed E-state index contributed by atoms with van der Waals surface area (Å²) in [5.74, 6) is -0.305. The molecule has 8 heteroatoms. The topological polar surface area (TPSA) is 99.1 Å². The van der Waals surface area contributed by atoms with Crippen LogP contribution < -0.4 is 16.6 Å². The van der Waals surface area contributed by atoms with Crippen molar-refractivity contribution in [1.29, 1.82) is 0 Å². The minimum Gasteiger partial charge on any atom is -0.335 e. The van der Waals surface area contributed by atoms with Gasteiger partial charge in [0.25, 0.3) is 5.56 Å². The van der Waals surface area contributed by atoms with Crippen LogP contribution in [0.1, 0.15) is 27.2 Å². The molecular formula is C12H16N4O4. The molecule has 0 aliphatic heterocycles. The molecule has 0 saturated heterocycles. The number of hydrogen-bond acceptors (Lipinski definition) is 5. The van der Waals surface area contributed by atoms with Crippen LogP contribution in [0.2, 0.25) is 0 Å². The van der Waals surface area contributed by atoms with Gasteiger partial charge in [-0.1, -0.05) is 12.1 Å². The molecule has 2 heterocycles. The monoisotopic (exact) mass is 280 g/mol. The lowest BCUT2D eigenvalue weighted by Crippen LogP contribution is -2.39. The molecule has 2 aromatic heterocycles. The van der Waals surface area contributed by atoms with E-state index in [1.807, 2.05) is 0 Å². The van der Waals surface area contributed by atoms with E-state index in [2.05, 4.69) is 10.5 Å². The maximum Gasteiger partial charge on any atom is 0.332 e. The molecular weight excluding hydrogens is 264 g/mol. The number of nitrogens with one attached hydrogen (secondary N) is 1. The molecule has 0 aliphatic carbocycles. The Morgan fingerprint density at radius 2 is 1.85 bits per heavy atom. The summed E-state index contributed by atoms with van der Waals surface area (Å²) in [5.41, 5.74) is -0.794. The zero-order chi connectivity index (χ0) is 14.9. The largest absolute Gasteiger partial charge is 0.335 e. The van der Waals surface area contributed by atoms with E-state index in [1.54, 1.807) is 20.8 Å². The Labute approximate surface area is 114 Å². The standard InChI is InChI=1S/C12H16N4O4/c1-4-7(17)13-10-8-9(14-20-10)15(5-2)12(19)16(6-3)11(8)18/h4-6H2,1-3H3,(H,13,17). The Morgan fingerprint density at radius 3 is 2.40 bits per heavy atom. The molecule has 8 nitrogen and oxygen atoms in total. The fourth-order valence-electron chi connectivity index (χ4n) is 1.98. The molecule has 0 aromatic carbocycles. The van der Waals surface area contributed by atoms with E-state index in [9.17, 15) is 14.4 Å². The number of aryl methyl sites for hydroxylation is 1. The first kappa shape index (κ1) is 14.0. The van der Waals surface area contributed by atoms with Crippen LogP contribution >= 0.6 is 0 Å². The summed E-state index contributed by atoms with van der Waals surface area (Å²) < 4.78 is 7.44. The van der Waals surface area contributed by atoms with Crippen LogP contribution in [0.5, 0.6) is 0 Å². The smallest absolute Gasteiger partial charge is 0.332 e. The third kappa shape index (κ3) is 2.02. The highest BCUT2D eigenvalue weighted by Gasteiger charge is 2.20. The lowest BCUT2D eigenvalue weighted by atomic mass is 10.3. The van der Waals surface area contributed by atoms with E-state index in [1.165, 1.54) is 4.57 Å². The summed E-state index contributed by atoms with van der Waals surface area (Å²) in [6, 6.07) is 0. The van der Waals surface area contributed by atoms with Gasteiger partial charge in [0, 0.05) is 19.5 Å². The summed E-state index contributed by atoms with van der Waals surface area (Å²) in [6.45, 7) is 5.74. The zero-order valence-electron chi connectivity index (χ0n) is 11.6. The van der Waals surface area contributed by atoms with E-state index < -0.39 is 11.2 Å². The van der Waals surface area contributed by atoms with Gasteiger partial charge < -0.3 is 4.52 Å². The van der Waals surface area contributed by atoms with Crippen molar-refractivity contribution in [2.45, 2.75) is 40.3 Å². The highest BCUT2D eigenvalue weighted by molar-refractivity contribution is 5.97. The molecule has 0 aliphatic rings. The van der Waals surface area contributed by atoms with Gasteiger partial charge in [0.2, 0.25) is 11.8 Å². The molecule has 0 radical (unpaired) electrons. The molecule has 108 valence electrons. The van der Waals surface area contributed by atoms with Gasteiger partial charge in [-0.05, 0) is 13.8 Å². The van der Waals surface area contributed by atoms with Crippen LogP contribution in [0.15, 0.2) is 14.1 Å². The molecule has 0 fully saturated rings. The van der Waals surface area contributed by atoms with Crippen molar-refractivity contribution >= 4 is 22.8 Å². The van der Waals surface area contributed by atoms with E-state index in [0.29, 0.717) is 6.54 Å². The van der Waals surface area contributed by atoms with Crippen LogP contribution in [0.3, 0.4) is 0 Å². The first-order chi connectivity index (χ1) is 9.54. The Balaban J connectivity index is 2.81. The number of nitrogens with zero attached hydrogens (tertiary/aromatic N) is 3. The average Bonchev–Trinajstić information content (AvgIpc) is 2.83. The van der Waals surface area contributed by atoms with E-state index >= 15 is 0 Å². The van der Waals surface area contributed by atoms with Gasteiger partial charge in [-0.2, -0.15) is 0 Å². The first-order valence-corrected chi connectivity index (χ1v) is 6.47. The van der Waals surface area contributed by atoms with Gasteiger partial charge >= 0.3 is 5.69 Å². The molecule has 1 amide bonds. The van der Waals surface area contributed by atoms with Crippen molar-refractivity contribution in [3.8, 4) is 0 Å². The maximum absolute atomic E-state index is 12.3. The summed E-state index contributed by atoms with van der Waals surface area (Å²) in [6.07, 6.45) is 0.248. The number of hydrogen-bond donors (Lipinski definition) is 1. The number of carbonyl (C=O) groups excluding carboxylic acids is 1.